The fourth-order valence-electron chi connectivity index (χ4n) is 4.00. The number of carbonyl (C=O) groups is 2. The zero-order chi connectivity index (χ0) is 22.9. The number of amides is 2. The summed E-state index contributed by atoms with van der Waals surface area (Å²) in [6.07, 6.45) is -0.782. The van der Waals surface area contributed by atoms with Gasteiger partial charge >= 0.3 is 6.09 Å². The van der Waals surface area contributed by atoms with Gasteiger partial charge in [0.2, 0.25) is 0 Å². The van der Waals surface area contributed by atoms with Gasteiger partial charge in [-0.3, -0.25) is 9.69 Å². The molecule has 0 fully saturated rings. The second kappa shape index (κ2) is 8.76. The van der Waals surface area contributed by atoms with Gasteiger partial charge in [0, 0.05) is 24.5 Å². The molecule has 0 saturated heterocycles. The summed E-state index contributed by atoms with van der Waals surface area (Å²) in [6, 6.07) is 6.42. The van der Waals surface area contributed by atoms with Crippen molar-refractivity contribution in [2.45, 2.75) is 38.7 Å². The molecule has 3 rings (SSSR count). The predicted molar refractivity (Wildman–Crippen MR) is 116 cm³/mol. The summed E-state index contributed by atoms with van der Waals surface area (Å²) >= 11 is 0. The standard InChI is InChI=1S/C22H26F2N2O4Si/c1-30-12-13-5-6-16-14(9-13)7-8-26(22(28)29)19(16)21(27)25-15-10-17(23)20(18(24)11-15)31(2,3)4/h5-6,9-11,19H,7-8,12H2,1-4H3,(H,25,27)(H,28,29)/t19-/m1/s1. The molecule has 1 aliphatic rings. The minimum atomic E-state index is -2.26. The number of methoxy groups -OCH3 is 1. The Morgan fingerprint density at radius 1 is 1.19 bits per heavy atom. The molecule has 2 N–H and O–H groups in total. The van der Waals surface area contributed by atoms with Crippen LogP contribution in [0.15, 0.2) is 30.3 Å². The third kappa shape index (κ3) is 4.77. The Balaban J connectivity index is 1.95. The first-order chi connectivity index (χ1) is 14.5. The molecule has 6 nitrogen and oxygen atoms in total. The molecule has 0 bridgehead atoms. The highest BCUT2D eigenvalue weighted by Crippen LogP contribution is 2.32. The molecule has 0 radical (unpaired) electrons. The third-order valence-electron chi connectivity index (χ3n) is 5.30. The SMILES string of the molecule is COCc1ccc2c(c1)CCN(C(=O)O)[C@H]2C(=O)Nc1cc(F)c([Si](C)(C)C)c(F)c1. The van der Waals surface area contributed by atoms with Gasteiger partial charge in [-0.25, -0.2) is 13.6 Å². The zero-order valence-electron chi connectivity index (χ0n) is 18.0. The van der Waals surface area contributed by atoms with E-state index in [2.05, 4.69) is 5.32 Å². The Hall–Kier alpha value is -2.78. The van der Waals surface area contributed by atoms with Crippen LogP contribution in [-0.2, 0) is 22.6 Å². The van der Waals surface area contributed by atoms with E-state index in [9.17, 15) is 23.5 Å². The first-order valence-electron chi connectivity index (χ1n) is 9.93. The van der Waals surface area contributed by atoms with Crippen LogP contribution in [0.4, 0.5) is 19.3 Å². The Kier molecular flexibility index (Phi) is 6.47. The maximum Gasteiger partial charge on any atom is 0.408 e. The van der Waals surface area contributed by atoms with Crippen LogP contribution in [0.25, 0.3) is 0 Å². The number of halogens is 2. The van der Waals surface area contributed by atoms with Crippen LogP contribution in [0.5, 0.6) is 0 Å². The molecule has 0 spiro atoms. The average Bonchev–Trinajstić information content (AvgIpc) is 2.65. The largest absolute Gasteiger partial charge is 0.465 e. The fraction of sp³-hybridized carbons (Fsp3) is 0.364. The van der Waals surface area contributed by atoms with Gasteiger partial charge in [0.1, 0.15) is 17.7 Å². The number of rotatable bonds is 5. The number of benzene rings is 2. The highest BCUT2D eigenvalue weighted by atomic mass is 28.3. The summed E-state index contributed by atoms with van der Waals surface area (Å²) in [6.45, 7) is 6.01. The molecule has 2 amide bonds. The van der Waals surface area contributed by atoms with Crippen molar-refractivity contribution in [2.24, 2.45) is 0 Å². The van der Waals surface area contributed by atoms with E-state index < -0.39 is 37.8 Å². The van der Waals surface area contributed by atoms with Gasteiger partial charge in [-0.1, -0.05) is 37.8 Å². The van der Waals surface area contributed by atoms with Crippen LogP contribution in [0.3, 0.4) is 0 Å². The van der Waals surface area contributed by atoms with E-state index >= 15 is 0 Å². The molecule has 9 heteroatoms. The quantitative estimate of drug-likeness (QED) is 0.681. The summed E-state index contributed by atoms with van der Waals surface area (Å²) in [4.78, 5) is 25.9. The van der Waals surface area contributed by atoms with Crippen LogP contribution in [0, 0.1) is 11.6 Å². The van der Waals surface area contributed by atoms with E-state index in [1.807, 2.05) is 25.7 Å². The molecule has 2 aromatic rings. The minimum absolute atomic E-state index is 0.0459. The van der Waals surface area contributed by atoms with Crippen LogP contribution >= 0.6 is 0 Å². The smallest absolute Gasteiger partial charge is 0.408 e. The van der Waals surface area contributed by atoms with Gasteiger partial charge in [0.05, 0.1) is 14.7 Å². The molecular weight excluding hydrogens is 422 g/mol. The average molecular weight is 449 g/mol. The molecule has 0 aliphatic carbocycles. The molecular formula is C22H26F2N2O4Si. The summed E-state index contributed by atoms with van der Waals surface area (Å²) in [7, 11) is -0.685. The van der Waals surface area contributed by atoms with Crippen LogP contribution in [0.1, 0.15) is 22.7 Å². The van der Waals surface area contributed by atoms with Gasteiger partial charge < -0.3 is 15.2 Å². The van der Waals surface area contributed by atoms with Gasteiger partial charge in [-0.15, -0.1) is 0 Å². The van der Waals surface area contributed by atoms with Gasteiger partial charge in [0.15, 0.2) is 0 Å². The van der Waals surface area contributed by atoms with Crippen molar-refractivity contribution in [1.29, 1.82) is 0 Å². The highest BCUT2D eigenvalue weighted by Gasteiger charge is 2.36. The molecule has 31 heavy (non-hydrogen) atoms. The van der Waals surface area contributed by atoms with E-state index in [1.165, 1.54) is 0 Å². The van der Waals surface area contributed by atoms with Crippen LogP contribution in [-0.4, -0.2) is 43.7 Å². The number of carboxylic acid groups (broad SMARTS) is 1. The van der Waals surface area contributed by atoms with Crippen molar-refractivity contribution < 1.29 is 28.2 Å². The highest BCUT2D eigenvalue weighted by molar-refractivity contribution is 6.88. The minimum Gasteiger partial charge on any atom is -0.465 e. The number of hydrogen-bond acceptors (Lipinski definition) is 3. The fourth-order valence-corrected chi connectivity index (χ4v) is 5.58. The van der Waals surface area contributed by atoms with E-state index in [4.69, 9.17) is 4.74 Å². The van der Waals surface area contributed by atoms with Crippen molar-refractivity contribution in [3.63, 3.8) is 0 Å². The number of nitrogens with one attached hydrogen (secondary N) is 1. The topological polar surface area (TPSA) is 78.9 Å². The maximum absolute atomic E-state index is 14.6. The molecule has 0 aromatic heterocycles. The summed E-state index contributed by atoms with van der Waals surface area (Å²) in [5, 5.41) is 12.2. The molecule has 1 atom stereocenters. The second-order valence-electron chi connectivity index (χ2n) is 8.65. The van der Waals surface area contributed by atoms with Crippen LogP contribution < -0.4 is 10.5 Å². The molecule has 1 aliphatic heterocycles. The van der Waals surface area contributed by atoms with E-state index in [0.717, 1.165) is 28.2 Å². The number of nitrogens with zero attached hydrogens (tertiary/aromatic N) is 1. The van der Waals surface area contributed by atoms with Gasteiger partial charge in [-0.2, -0.15) is 0 Å². The normalized spacial score (nSPS) is 16.1. The van der Waals surface area contributed by atoms with Crippen LogP contribution in [0.2, 0.25) is 19.6 Å². The predicted octanol–water partition coefficient (Wildman–Crippen LogP) is 3.87. The van der Waals surface area contributed by atoms with E-state index in [0.29, 0.717) is 18.6 Å². The van der Waals surface area contributed by atoms with E-state index in [-0.39, 0.29) is 17.4 Å². The Labute approximate surface area is 180 Å². The Morgan fingerprint density at radius 3 is 2.39 bits per heavy atom. The van der Waals surface area contributed by atoms with E-state index in [1.54, 1.807) is 19.2 Å². The number of anilines is 1. The Morgan fingerprint density at radius 2 is 1.84 bits per heavy atom. The van der Waals surface area contributed by atoms with Crippen molar-refractivity contribution in [3.8, 4) is 0 Å². The summed E-state index contributed by atoms with van der Waals surface area (Å²) < 4.78 is 34.3. The van der Waals surface area contributed by atoms with Crippen molar-refractivity contribution in [3.05, 3.63) is 58.7 Å². The van der Waals surface area contributed by atoms with Crippen molar-refractivity contribution in [1.82, 2.24) is 4.90 Å². The number of fused-ring (bicyclic) bond motifs is 1. The first kappa shape index (κ1) is 22.9. The van der Waals surface area contributed by atoms with Gasteiger partial charge in [-0.05, 0) is 35.2 Å². The number of ether oxygens (including phenoxy) is 1. The number of hydrogen-bond donors (Lipinski definition) is 2. The van der Waals surface area contributed by atoms with Crippen molar-refractivity contribution in [2.75, 3.05) is 19.0 Å². The maximum atomic E-state index is 14.6. The summed E-state index contributed by atoms with van der Waals surface area (Å²) in [5.41, 5.74) is 2.26. The lowest BCUT2D eigenvalue weighted by Gasteiger charge is -2.34. The third-order valence-corrected chi connectivity index (χ3v) is 7.28. The molecule has 0 unspecified atom stereocenters. The summed E-state index contributed by atoms with van der Waals surface area (Å²) in [5.74, 6) is -2.09. The van der Waals surface area contributed by atoms with Crippen molar-refractivity contribution >= 4 is 30.9 Å². The lowest BCUT2D eigenvalue weighted by atomic mass is 9.90. The second-order valence-corrected chi connectivity index (χ2v) is 13.6. The molecule has 166 valence electrons. The molecule has 1 heterocycles. The lowest BCUT2D eigenvalue weighted by molar-refractivity contribution is -0.121. The monoisotopic (exact) mass is 448 g/mol. The zero-order valence-corrected chi connectivity index (χ0v) is 19.0. The molecule has 2 aromatic carbocycles. The molecule has 0 saturated carbocycles. The van der Waals surface area contributed by atoms with Gasteiger partial charge in [0.25, 0.3) is 5.91 Å². The first-order valence-corrected chi connectivity index (χ1v) is 13.4. The Bertz CT molecular complexity index is 1000. The number of carbonyl (C=O) groups excluding carboxylic acids is 1. The lowest BCUT2D eigenvalue weighted by Crippen LogP contribution is -2.45.